The lowest BCUT2D eigenvalue weighted by atomic mass is 10.1. The van der Waals surface area contributed by atoms with Gasteiger partial charge < -0.3 is 5.11 Å². The highest BCUT2D eigenvalue weighted by atomic mass is 79.9. The van der Waals surface area contributed by atoms with Gasteiger partial charge in [-0.2, -0.15) is 0 Å². The van der Waals surface area contributed by atoms with Crippen molar-refractivity contribution in [3.8, 4) is 0 Å². The van der Waals surface area contributed by atoms with E-state index >= 15 is 0 Å². The Morgan fingerprint density at radius 2 is 2.20 bits per heavy atom. The van der Waals surface area contributed by atoms with Gasteiger partial charge in [0.1, 0.15) is 4.47 Å². The predicted octanol–water partition coefficient (Wildman–Crippen LogP) is 2.50. The van der Waals surface area contributed by atoms with Crippen LogP contribution in [0.25, 0.3) is 0 Å². The first kappa shape index (κ1) is 11.6. The number of nitro benzene ring substituents is 1. The van der Waals surface area contributed by atoms with Gasteiger partial charge in [0.25, 0.3) is 5.69 Å². The molecule has 1 N–H and O–H groups in total. The van der Waals surface area contributed by atoms with Gasteiger partial charge in [0, 0.05) is 5.56 Å². The van der Waals surface area contributed by atoms with E-state index in [9.17, 15) is 19.3 Å². The summed E-state index contributed by atoms with van der Waals surface area (Å²) in [4.78, 5) is 20.3. The minimum atomic E-state index is -1.47. The molecule has 0 saturated heterocycles. The first-order valence-electron chi connectivity index (χ1n) is 3.72. The summed E-state index contributed by atoms with van der Waals surface area (Å²) >= 11 is 2.67. The normalized spacial score (nSPS) is 10.1. The highest BCUT2D eigenvalue weighted by Gasteiger charge is 2.25. The van der Waals surface area contributed by atoms with Gasteiger partial charge in [0.05, 0.1) is 10.5 Å². The number of aromatic carboxylic acids is 1. The zero-order valence-corrected chi connectivity index (χ0v) is 9.04. The molecule has 0 aliphatic heterocycles. The fourth-order valence-corrected chi connectivity index (χ4v) is 1.79. The van der Waals surface area contributed by atoms with E-state index in [1.807, 2.05) is 0 Å². The molecular weight excluding hydrogens is 273 g/mol. The van der Waals surface area contributed by atoms with Crippen molar-refractivity contribution in [3.05, 3.63) is 37.6 Å². The van der Waals surface area contributed by atoms with Gasteiger partial charge in [-0.1, -0.05) is 0 Å². The summed E-state index contributed by atoms with van der Waals surface area (Å²) in [6, 6.07) is 0.931. The van der Waals surface area contributed by atoms with E-state index in [4.69, 9.17) is 5.11 Å². The molecule has 0 amide bonds. The topological polar surface area (TPSA) is 80.4 Å². The van der Waals surface area contributed by atoms with Crippen molar-refractivity contribution in [1.29, 1.82) is 0 Å². The third kappa shape index (κ3) is 1.96. The quantitative estimate of drug-likeness (QED) is 0.665. The van der Waals surface area contributed by atoms with Gasteiger partial charge >= 0.3 is 5.97 Å². The number of carboxylic acids is 1. The largest absolute Gasteiger partial charge is 0.478 e. The van der Waals surface area contributed by atoms with E-state index in [0.29, 0.717) is 0 Å². The Bertz CT molecular complexity index is 460. The van der Waals surface area contributed by atoms with Crippen molar-refractivity contribution < 1.29 is 19.2 Å². The van der Waals surface area contributed by atoms with Crippen molar-refractivity contribution in [2.45, 2.75) is 6.92 Å². The number of halogens is 2. The Kier molecular flexibility index (Phi) is 3.04. The summed E-state index contributed by atoms with van der Waals surface area (Å²) in [7, 11) is 0. The van der Waals surface area contributed by atoms with Gasteiger partial charge in [-0.05, 0) is 28.9 Å². The molecule has 0 fully saturated rings. The number of benzene rings is 1. The van der Waals surface area contributed by atoms with Gasteiger partial charge in [0.2, 0.25) is 0 Å². The third-order valence-corrected chi connectivity index (χ3v) is 2.51. The molecule has 1 aromatic rings. The van der Waals surface area contributed by atoms with E-state index in [2.05, 4.69) is 15.9 Å². The average Bonchev–Trinajstić information content (AvgIpc) is 2.10. The summed E-state index contributed by atoms with van der Waals surface area (Å²) in [5.74, 6) is -2.61. The molecule has 1 rings (SSSR count). The zero-order chi connectivity index (χ0) is 11.7. The van der Waals surface area contributed by atoms with Crippen molar-refractivity contribution in [2.75, 3.05) is 0 Å². The van der Waals surface area contributed by atoms with E-state index in [0.717, 1.165) is 6.07 Å². The fraction of sp³-hybridized carbons (Fsp3) is 0.125. The Morgan fingerprint density at radius 1 is 1.67 bits per heavy atom. The van der Waals surface area contributed by atoms with Crippen LogP contribution in [0.4, 0.5) is 10.1 Å². The van der Waals surface area contributed by atoms with Crippen molar-refractivity contribution in [1.82, 2.24) is 0 Å². The number of rotatable bonds is 2. The van der Waals surface area contributed by atoms with Crippen LogP contribution in [-0.2, 0) is 0 Å². The lowest BCUT2D eigenvalue weighted by Crippen LogP contribution is -2.05. The Labute approximate surface area is 91.8 Å². The number of nitrogens with zero attached hydrogens (tertiary/aromatic N) is 1. The van der Waals surface area contributed by atoms with Crippen LogP contribution in [-0.4, -0.2) is 16.0 Å². The van der Waals surface area contributed by atoms with Gasteiger partial charge in [-0.15, -0.1) is 0 Å². The molecule has 5 nitrogen and oxygen atoms in total. The Morgan fingerprint density at radius 3 is 2.60 bits per heavy atom. The smallest absolute Gasteiger partial charge is 0.338 e. The van der Waals surface area contributed by atoms with Crippen molar-refractivity contribution >= 4 is 27.6 Å². The molecule has 0 bridgehead atoms. The molecule has 80 valence electrons. The molecule has 0 aliphatic carbocycles. The van der Waals surface area contributed by atoms with Crippen LogP contribution in [0.2, 0.25) is 0 Å². The molecule has 0 aliphatic rings. The number of hydrogen-bond acceptors (Lipinski definition) is 3. The highest BCUT2D eigenvalue weighted by Crippen LogP contribution is 2.33. The molecule has 1 aromatic carbocycles. The minimum Gasteiger partial charge on any atom is -0.478 e. The average molecular weight is 278 g/mol. The molecular formula is C8H5BrFNO4. The molecule has 0 aromatic heterocycles. The van der Waals surface area contributed by atoms with Crippen LogP contribution >= 0.6 is 15.9 Å². The highest BCUT2D eigenvalue weighted by molar-refractivity contribution is 9.10. The lowest BCUT2D eigenvalue weighted by Gasteiger charge is -2.04. The number of hydrogen-bond donors (Lipinski definition) is 1. The second kappa shape index (κ2) is 3.93. The molecule has 0 spiro atoms. The molecule has 15 heavy (non-hydrogen) atoms. The van der Waals surface area contributed by atoms with Crippen LogP contribution in [0.1, 0.15) is 15.9 Å². The van der Waals surface area contributed by atoms with Gasteiger partial charge in [0.15, 0.2) is 5.82 Å². The first-order valence-corrected chi connectivity index (χ1v) is 4.51. The SMILES string of the molecule is Cc1cc(C(=O)O)c(F)c(Br)c1[N+](=O)[O-]. The van der Waals surface area contributed by atoms with Crippen LogP contribution < -0.4 is 0 Å². The second-order valence-electron chi connectivity index (χ2n) is 2.78. The third-order valence-electron chi connectivity index (χ3n) is 1.78. The number of nitro groups is 1. The number of carboxylic acid groups (broad SMARTS) is 1. The first-order chi connectivity index (χ1) is 6.86. The van der Waals surface area contributed by atoms with Gasteiger partial charge in [-0.3, -0.25) is 10.1 Å². The minimum absolute atomic E-state index is 0.0886. The predicted molar refractivity (Wildman–Crippen MR) is 52.5 cm³/mol. The maximum atomic E-state index is 13.3. The van der Waals surface area contributed by atoms with Crippen LogP contribution in [0.15, 0.2) is 10.5 Å². The summed E-state index contributed by atoms with van der Waals surface area (Å²) in [6.07, 6.45) is 0. The van der Waals surface area contributed by atoms with E-state index in [1.165, 1.54) is 6.92 Å². The molecule has 7 heteroatoms. The number of aryl methyl sites for hydroxylation is 1. The van der Waals surface area contributed by atoms with Gasteiger partial charge in [-0.25, -0.2) is 9.18 Å². The van der Waals surface area contributed by atoms with E-state index in [-0.39, 0.29) is 5.56 Å². The monoisotopic (exact) mass is 277 g/mol. The van der Waals surface area contributed by atoms with Crippen molar-refractivity contribution in [2.24, 2.45) is 0 Å². The molecule has 0 heterocycles. The Hall–Kier alpha value is -1.50. The maximum Gasteiger partial charge on any atom is 0.338 e. The summed E-state index contributed by atoms with van der Waals surface area (Å²) < 4.78 is 12.9. The summed E-state index contributed by atoms with van der Waals surface area (Å²) in [5.41, 5.74) is -0.965. The summed E-state index contributed by atoms with van der Waals surface area (Å²) in [6.45, 7) is 1.34. The number of carbonyl (C=O) groups is 1. The second-order valence-corrected chi connectivity index (χ2v) is 3.57. The zero-order valence-electron chi connectivity index (χ0n) is 7.45. The molecule has 0 atom stereocenters. The maximum absolute atomic E-state index is 13.3. The van der Waals surface area contributed by atoms with E-state index in [1.54, 1.807) is 0 Å². The van der Waals surface area contributed by atoms with Crippen LogP contribution in [0.5, 0.6) is 0 Å². The van der Waals surface area contributed by atoms with Crippen LogP contribution in [0.3, 0.4) is 0 Å². The standard InChI is InChI=1S/C8H5BrFNO4/c1-3-2-4(8(12)13)6(10)5(9)7(3)11(14)15/h2H,1H3,(H,12,13). The van der Waals surface area contributed by atoms with E-state index < -0.39 is 32.4 Å². The Balaban J connectivity index is 3.58. The van der Waals surface area contributed by atoms with Crippen LogP contribution in [0, 0.1) is 22.9 Å². The molecule has 0 saturated carbocycles. The van der Waals surface area contributed by atoms with Crippen molar-refractivity contribution in [3.63, 3.8) is 0 Å². The fourth-order valence-electron chi connectivity index (χ4n) is 1.12. The molecule has 0 radical (unpaired) electrons. The lowest BCUT2D eigenvalue weighted by molar-refractivity contribution is -0.386. The summed E-state index contributed by atoms with van der Waals surface area (Å²) in [5, 5.41) is 19.2. The molecule has 0 unspecified atom stereocenters.